The van der Waals surface area contributed by atoms with Gasteiger partial charge in [-0.05, 0) is 51.3 Å². The third-order valence-corrected chi connectivity index (χ3v) is 6.34. The van der Waals surface area contributed by atoms with Crippen LogP contribution in [0.25, 0.3) is 10.9 Å². The summed E-state index contributed by atoms with van der Waals surface area (Å²) in [5.74, 6) is 0.191. The van der Waals surface area contributed by atoms with Crippen LogP contribution in [0.5, 0.6) is 0 Å². The highest BCUT2D eigenvalue weighted by Crippen LogP contribution is 2.30. The molecule has 134 valence electrons. The zero-order valence-corrected chi connectivity index (χ0v) is 15.9. The average molecular weight is 339 g/mol. The highest BCUT2D eigenvalue weighted by molar-refractivity contribution is 6.02. The Labute approximate surface area is 150 Å². The van der Waals surface area contributed by atoms with Crippen molar-refractivity contribution in [3.05, 3.63) is 35.0 Å². The summed E-state index contributed by atoms with van der Waals surface area (Å²) >= 11 is 0. The predicted octanol–water partition coefficient (Wildman–Crippen LogP) is 3.49. The van der Waals surface area contributed by atoms with Gasteiger partial charge >= 0.3 is 0 Å². The van der Waals surface area contributed by atoms with Crippen LogP contribution in [0.1, 0.15) is 47.8 Å². The number of fused-ring (bicyclic) bond motifs is 1. The molecule has 4 rings (SSSR count). The number of aryl methyl sites for hydroxylation is 3. The molecule has 0 aliphatic carbocycles. The number of aromatic nitrogens is 1. The molecule has 1 amide bonds. The maximum Gasteiger partial charge on any atom is 0.270 e. The normalized spacial score (nSPS) is 22.4. The van der Waals surface area contributed by atoms with Gasteiger partial charge in [0.15, 0.2) is 0 Å². The zero-order chi connectivity index (χ0) is 17.7. The number of rotatable bonds is 2. The Morgan fingerprint density at radius 1 is 1.16 bits per heavy atom. The Morgan fingerprint density at radius 3 is 2.60 bits per heavy atom. The van der Waals surface area contributed by atoms with Crippen molar-refractivity contribution < 1.29 is 4.79 Å². The Kier molecular flexibility index (Phi) is 4.11. The molecule has 2 aliphatic heterocycles. The van der Waals surface area contributed by atoms with E-state index in [9.17, 15) is 4.79 Å². The Balaban J connectivity index is 1.55. The van der Waals surface area contributed by atoms with Gasteiger partial charge in [-0.25, -0.2) is 0 Å². The largest absolute Gasteiger partial charge is 0.339 e. The second-order valence-corrected chi connectivity index (χ2v) is 7.95. The van der Waals surface area contributed by atoms with Gasteiger partial charge in [-0.2, -0.15) is 0 Å². The van der Waals surface area contributed by atoms with Crippen molar-refractivity contribution in [2.24, 2.45) is 7.05 Å². The van der Waals surface area contributed by atoms with Crippen molar-refractivity contribution in [1.29, 1.82) is 0 Å². The molecule has 3 heterocycles. The number of nitrogens with zero attached hydrogens (tertiary/aromatic N) is 3. The lowest BCUT2D eigenvalue weighted by Gasteiger charge is -2.49. The van der Waals surface area contributed by atoms with Crippen LogP contribution in [0, 0.1) is 13.8 Å². The van der Waals surface area contributed by atoms with Gasteiger partial charge in [0.25, 0.3) is 5.91 Å². The van der Waals surface area contributed by atoms with E-state index in [-0.39, 0.29) is 5.91 Å². The number of amides is 1. The number of likely N-dealkylation sites (tertiary alicyclic amines) is 2. The predicted molar refractivity (Wildman–Crippen MR) is 102 cm³/mol. The van der Waals surface area contributed by atoms with Crippen molar-refractivity contribution in [3.63, 3.8) is 0 Å². The maximum absolute atomic E-state index is 13.1. The Hall–Kier alpha value is -1.81. The standard InChI is InChI=1S/C21H29N3O/c1-14-8-7-10-18-16(3)20(22(4)19(14)18)21(25)23-12-17(13-23)24-11-6-5-9-15(24)2/h7-8,10,15,17H,5-6,9,11-13H2,1-4H3. The van der Waals surface area contributed by atoms with Gasteiger partial charge in [-0.15, -0.1) is 0 Å². The second kappa shape index (κ2) is 6.17. The van der Waals surface area contributed by atoms with Gasteiger partial charge in [0.2, 0.25) is 0 Å². The minimum absolute atomic E-state index is 0.191. The van der Waals surface area contributed by atoms with Gasteiger partial charge < -0.3 is 9.47 Å². The summed E-state index contributed by atoms with van der Waals surface area (Å²) in [5.41, 5.74) is 4.38. The fraction of sp³-hybridized carbons (Fsp3) is 0.571. The first-order valence-electron chi connectivity index (χ1n) is 9.58. The molecule has 2 aliphatic rings. The molecule has 0 bridgehead atoms. The molecule has 0 saturated carbocycles. The molecule has 0 N–H and O–H groups in total. The Morgan fingerprint density at radius 2 is 1.92 bits per heavy atom. The third-order valence-electron chi connectivity index (χ3n) is 6.34. The molecule has 2 fully saturated rings. The van der Waals surface area contributed by atoms with Crippen molar-refractivity contribution in [3.8, 4) is 0 Å². The van der Waals surface area contributed by atoms with Gasteiger partial charge in [-0.1, -0.05) is 24.6 Å². The molecule has 1 aromatic carbocycles. The molecule has 4 nitrogen and oxygen atoms in total. The van der Waals surface area contributed by atoms with Crippen molar-refractivity contribution >= 4 is 16.8 Å². The highest BCUT2D eigenvalue weighted by atomic mass is 16.2. The van der Waals surface area contributed by atoms with Crippen LogP contribution in [0.15, 0.2) is 18.2 Å². The average Bonchev–Trinajstić information content (AvgIpc) is 2.80. The summed E-state index contributed by atoms with van der Waals surface area (Å²) < 4.78 is 2.10. The second-order valence-electron chi connectivity index (χ2n) is 7.95. The number of piperidine rings is 1. The number of benzene rings is 1. The van der Waals surface area contributed by atoms with Gasteiger partial charge in [0.05, 0.1) is 5.52 Å². The van der Waals surface area contributed by atoms with E-state index in [1.165, 1.54) is 42.3 Å². The quantitative estimate of drug-likeness (QED) is 0.838. The number of hydrogen-bond acceptors (Lipinski definition) is 2. The first kappa shape index (κ1) is 16.6. The first-order chi connectivity index (χ1) is 12.0. The van der Waals surface area contributed by atoms with E-state index in [0.29, 0.717) is 12.1 Å². The lowest BCUT2D eigenvalue weighted by atomic mass is 9.97. The van der Waals surface area contributed by atoms with E-state index in [4.69, 9.17) is 0 Å². The summed E-state index contributed by atoms with van der Waals surface area (Å²) in [4.78, 5) is 17.8. The maximum atomic E-state index is 13.1. The summed E-state index contributed by atoms with van der Waals surface area (Å²) in [6.07, 6.45) is 3.95. The van der Waals surface area contributed by atoms with E-state index in [2.05, 4.69) is 48.4 Å². The van der Waals surface area contributed by atoms with Crippen LogP contribution in [-0.2, 0) is 7.05 Å². The molecule has 2 saturated heterocycles. The molecule has 2 aromatic rings. The molecule has 0 radical (unpaired) electrons. The van der Waals surface area contributed by atoms with E-state index < -0.39 is 0 Å². The fourth-order valence-corrected chi connectivity index (χ4v) is 4.85. The molecular weight excluding hydrogens is 310 g/mol. The SMILES string of the molecule is Cc1c(C(=O)N2CC(N3CCCCC3C)C2)n(C)c2c(C)cccc12. The summed E-state index contributed by atoms with van der Waals surface area (Å²) in [6, 6.07) is 7.54. The molecule has 25 heavy (non-hydrogen) atoms. The van der Waals surface area contributed by atoms with E-state index >= 15 is 0 Å². The minimum Gasteiger partial charge on any atom is -0.339 e. The van der Waals surface area contributed by atoms with E-state index in [1.807, 2.05) is 11.9 Å². The van der Waals surface area contributed by atoms with Gasteiger partial charge in [0, 0.05) is 37.6 Å². The third kappa shape index (κ3) is 2.58. The van der Waals surface area contributed by atoms with Crippen molar-refractivity contribution in [2.75, 3.05) is 19.6 Å². The van der Waals surface area contributed by atoms with E-state index in [0.717, 1.165) is 24.3 Å². The van der Waals surface area contributed by atoms with Crippen LogP contribution in [0.2, 0.25) is 0 Å². The number of hydrogen-bond donors (Lipinski definition) is 0. The van der Waals surface area contributed by atoms with Crippen molar-refractivity contribution in [1.82, 2.24) is 14.4 Å². The number of carbonyl (C=O) groups is 1. The molecule has 0 spiro atoms. The number of para-hydroxylation sites is 1. The van der Waals surface area contributed by atoms with Crippen LogP contribution in [0.3, 0.4) is 0 Å². The van der Waals surface area contributed by atoms with E-state index in [1.54, 1.807) is 0 Å². The van der Waals surface area contributed by atoms with Crippen LogP contribution >= 0.6 is 0 Å². The molecule has 1 aromatic heterocycles. The molecule has 1 unspecified atom stereocenters. The fourth-order valence-electron chi connectivity index (χ4n) is 4.85. The van der Waals surface area contributed by atoms with Gasteiger partial charge in [-0.3, -0.25) is 9.69 Å². The highest BCUT2D eigenvalue weighted by Gasteiger charge is 2.38. The zero-order valence-electron chi connectivity index (χ0n) is 15.9. The van der Waals surface area contributed by atoms with Crippen LogP contribution < -0.4 is 0 Å². The summed E-state index contributed by atoms with van der Waals surface area (Å²) in [7, 11) is 2.03. The van der Waals surface area contributed by atoms with Crippen molar-refractivity contribution in [2.45, 2.75) is 52.1 Å². The van der Waals surface area contributed by atoms with Crippen LogP contribution in [0.4, 0.5) is 0 Å². The molecular formula is C21H29N3O. The molecule has 1 atom stereocenters. The lowest BCUT2D eigenvalue weighted by molar-refractivity contribution is 0.00160. The lowest BCUT2D eigenvalue weighted by Crippen LogP contribution is -2.63. The Bertz CT molecular complexity index is 816. The first-order valence-corrected chi connectivity index (χ1v) is 9.58. The van der Waals surface area contributed by atoms with Crippen LogP contribution in [-0.4, -0.2) is 52.0 Å². The smallest absolute Gasteiger partial charge is 0.270 e. The molecule has 4 heteroatoms. The number of carbonyl (C=O) groups excluding carboxylic acids is 1. The topological polar surface area (TPSA) is 28.5 Å². The summed E-state index contributed by atoms with van der Waals surface area (Å²) in [6.45, 7) is 9.49. The minimum atomic E-state index is 0.191. The van der Waals surface area contributed by atoms with Gasteiger partial charge in [0.1, 0.15) is 5.69 Å². The summed E-state index contributed by atoms with van der Waals surface area (Å²) in [5, 5.41) is 1.20. The monoisotopic (exact) mass is 339 g/mol.